The third kappa shape index (κ3) is 4.49. The number of carbonyl (C=O) groups excluding carboxylic acids is 1. The van der Waals surface area contributed by atoms with Gasteiger partial charge in [0.05, 0.1) is 19.0 Å². The molecule has 0 bridgehead atoms. The van der Waals surface area contributed by atoms with Gasteiger partial charge < -0.3 is 10.1 Å². The molecule has 1 N–H and O–H groups in total. The van der Waals surface area contributed by atoms with Gasteiger partial charge in [-0.25, -0.2) is 4.68 Å². The second kappa shape index (κ2) is 8.44. The Bertz CT molecular complexity index is 1010. The quantitative estimate of drug-likeness (QED) is 0.690. The first-order valence-electron chi connectivity index (χ1n) is 8.81. The van der Waals surface area contributed by atoms with Gasteiger partial charge in [-0.2, -0.15) is 0 Å². The molecule has 0 saturated heterocycles. The molecule has 0 unspecified atom stereocenters. The number of methoxy groups -OCH3 is 1. The van der Waals surface area contributed by atoms with E-state index in [-0.39, 0.29) is 24.4 Å². The van der Waals surface area contributed by atoms with E-state index in [1.54, 1.807) is 31.4 Å². The summed E-state index contributed by atoms with van der Waals surface area (Å²) in [6, 6.07) is 13.0. The number of hydrogen-bond donors (Lipinski definition) is 1. The van der Waals surface area contributed by atoms with Crippen LogP contribution in [0.4, 0.5) is 0 Å². The molecular formula is C20H22N4O3. The predicted molar refractivity (Wildman–Crippen MR) is 103 cm³/mol. The van der Waals surface area contributed by atoms with Crippen molar-refractivity contribution < 1.29 is 9.53 Å². The number of nitrogens with zero attached hydrogens (tertiary/aromatic N) is 3. The van der Waals surface area contributed by atoms with Crippen LogP contribution in [0.15, 0.2) is 47.3 Å². The Kier molecular flexibility index (Phi) is 5.80. The molecule has 3 rings (SSSR count). The summed E-state index contributed by atoms with van der Waals surface area (Å²) in [7, 11) is 1.63. The van der Waals surface area contributed by atoms with Crippen molar-refractivity contribution in [3.8, 4) is 5.75 Å². The zero-order valence-corrected chi connectivity index (χ0v) is 15.4. The predicted octanol–water partition coefficient (Wildman–Crippen LogP) is 1.86. The Morgan fingerprint density at radius 3 is 2.85 bits per heavy atom. The summed E-state index contributed by atoms with van der Waals surface area (Å²) in [5, 5.41) is 11.3. The highest BCUT2D eigenvalue weighted by molar-refractivity contribution is 5.77. The topological polar surface area (TPSA) is 86.1 Å². The number of carbonyl (C=O) groups is 1. The van der Waals surface area contributed by atoms with Crippen molar-refractivity contribution in [3.63, 3.8) is 0 Å². The maximum absolute atomic E-state index is 12.4. The zero-order chi connectivity index (χ0) is 19.2. The Balaban J connectivity index is 1.54. The van der Waals surface area contributed by atoms with Crippen molar-refractivity contribution in [2.45, 2.75) is 26.3 Å². The van der Waals surface area contributed by atoms with Gasteiger partial charge in [0.15, 0.2) is 0 Å². The molecular weight excluding hydrogens is 344 g/mol. The van der Waals surface area contributed by atoms with Crippen LogP contribution < -0.4 is 15.6 Å². The number of hydrogen-bond acceptors (Lipinski definition) is 5. The van der Waals surface area contributed by atoms with E-state index in [4.69, 9.17) is 4.74 Å². The summed E-state index contributed by atoms with van der Waals surface area (Å²) >= 11 is 0. The van der Waals surface area contributed by atoms with E-state index in [1.807, 2.05) is 19.1 Å². The fraction of sp³-hybridized carbons (Fsp3) is 0.300. The van der Waals surface area contributed by atoms with Crippen molar-refractivity contribution >= 4 is 16.8 Å². The van der Waals surface area contributed by atoms with Crippen LogP contribution in [0, 0.1) is 6.92 Å². The van der Waals surface area contributed by atoms with E-state index >= 15 is 0 Å². The Labute approximate surface area is 157 Å². The fourth-order valence-corrected chi connectivity index (χ4v) is 2.90. The Morgan fingerprint density at radius 1 is 1.22 bits per heavy atom. The van der Waals surface area contributed by atoms with E-state index in [0.717, 1.165) is 16.9 Å². The molecule has 0 spiro atoms. The van der Waals surface area contributed by atoms with Crippen molar-refractivity contribution in [2.75, 3.05) is 13.7 Å². The molecule has 1 aromatic heterocycles. The molecule has 0 aliphatic rings. The largest absolute Gasteiger partial charge is 0.496 e. The Hall–Kier alpha value is -3.22. The second-order valence-corrected chi connectivity index (χ2v) is 6.30. The molecule has 3 aromatic rings. The van der Waals surface area contributed by atoms with Crippen LogP contribution >= 0.6 is 0 Å². The number of ether oxygens (including phenoxy) is 1. The summed E-state index contributed by atoms with van der Waals surface area (Å²) in [4.78, 5) is 24.5. The van der Waals surface area contributed by atoms with E-state index in [1.165, 1.54) is 4.68 Å². The second-order valence-electron chi connectivity index (χ2n) is 6.30. The van der Waals surface area contributed by atoms with E-state index in [2.05, 4.69) is 21.7 Å². The third-order valence-corrected chi connectivity index (χ3v) is 4.33. The first-order chi connectivity index (χ1) is 13.1. The molecule has 140 valence electrons. The van der Waals surface area contributed by atoms with Gasteiger partial charge in [0.1, 0.15) is 11.3 Å². The lowest BCUT2D eigenvalue weighted by atomic mass is 10.1. The lowest BCUT2D eigenvalue weighted by molar-refractivity contribution is -0.121. The molecule has 0 radical (unpaired) electrons. The minimum Gasteiger partial charge on any atom is -0.496 e. The highest BCUT2D eigenvalue weighted by atomic mass is 16.5. The number of nitrogens with one attached hydrogen (secondary N) is 1. The average Bonchev–Trinajstić information content (AvgIpc) is 2.68. The first kappa shape index (κ1) is 18.6. The van der Waals surface area contributed by atoms with Crippen LogP contribution in [0.5, 0.6) is 5.75 Å². The average molecular weight is 366 g/mol. The van der Waals surface area contributed by atoms with E-state index in [0.29, 0.717) is 23.9 Å². The summed E-state index contributed by atoms with van der Waals surface area (Å²) in [5.41, 5.74) is 2.51. The maximum Gasteiger partial charge on any atom is 0.277 e. The molecule has 0 fully saturated rings. The highest BCUT2D eigenvalue weighted by Gasteiger charge is 2.08. The van der Waals surface area contributed by atoms with E-state index in [9.17, 15) is 9.59 Å². The van der Waals surface area contributed by atoms with Gasteiger partial charge in [-0.05, 0) is 37.1 Å². The van der Waals surface area contributed by atoms with Crippen LogP contribution in [0.25, 0.3) is 10.9 Å². The molecule has 2 aromatic carbocycles. The minimum absolute atomic E-state index is 0.136. The smallest absolute Gasteiger partial charge is 0.277 e. The number of aryl methyl sites for hydroxylation is 2. The summed E-state index contributed by atoms with van der Waals surface area (Å²) in [6.07, 6.45) is 0.838. The van der Waals surface area contributed by atoms with Gasteiger partial charge >= 0.3 is 0 Å². The molecule has 0 saturated carbocycles. The monoisotopic (exact) mass is 366 g/mol. The standard InChI is InChI=1S/C20H22N4O3/c1-14-7-8-18(27-2)15(13-14)9-11-21-19(25)10-12-24-20(26)16-5-3-4-6-17(16)22-23-24/h3-8,13H,9-12H2,1-2H3,(H,21,25). The minimum atomic E-state index is -0.238. The molecule has 0 aliphatic carbocycles. The lowest BCUT2D eigenvalue weighted by Crippen LogP contribution is -2.30. The molecule has 27 heavy (non-hydrogen) atoms. The van der Waals surface area contributed by atoms with E-state index < -0.39 is 0 Å². The molecule has 1 amide bonds. The fourth-order valence-electron chi connectivity index (χ4n) is 2.90. The molecule has 7 heteroatoms. The molecule has 0 aliphatic heterocycles. The SMILES string of the molecule is COc1ccc(C)cc1CCNC(=O)CCn1nnc2ccccc2c1=O. The van der Waals surface area contributed by atoms with Crippen LogP contribution in [0.1, 0.15) is 17.5 Å². The van der Waals surface area contributed by atoms with Gasteiger partial charge in [0.2, 0.25) is 5.91 Å². The van der Waals surface area contributed by atoms with Crippen LogP contribution in [0.3, 0.4) is 0 Å². The number of fused-ring (bicyclic) bond motifs is 1. The number of benzene rings is 2. The van der Waals surface area contributed by atoms with Crippen LogP contribution in [0.2, 0.25) is 0 Å². The summed E-state index contributed by atoms with van der Waals surface area (Å²) in [5.74, 6) is 0.677. The van der Waals surface area contributed by atoms with Crippen molar-refractivity contribution in [3.05, 3.63) is 63.9 Å². The molecule has 1 heterocycles. The van der Waals surface area contributed by atoms with Crippen LogP contribution in [-0.2, 0) is 17.8 Å². The normalized spacial score (nSPS) is 10.7. The highest BCUT2D eigenvalue weighted by Crippen LogP contribution is 2.19. The van der Waals surface area contributed by atoms with Crippen molar-refractivity contribution in [1.82, 2.24) is 20.3 Å². The zero-order valence-electron chi connectivity index (χ0n) is 15.4. The van der Waals surface area contributed by atoms with Gasteiger partial charge in [-0.3, -0.25) is 9.59 Å². The van der Waals surface area contributed by atoms with Gasteiger partial charge in [-0.1, -0.05) is 35.0 Å². The molecule has 0 atom stereocenters. The van der Waals surface area contributed by atoms with Gasteiger partial charge in [0, 0.05) is 13.0 Å². The molecule has 7 nitrogen and oxygen atoms in total. The summed E-state index contributed by atoms with van der Waals surface area (Å²) < 4.78 is 6.57. The Morgan fingerprint density at radius 2 is 2.04 bits per heavy atom. The first-order valence-corrected chi connectivity index (χ1v) is 8.81. The van der Waals surface area contributed by atoms with Crippen molar-refractivity contribution in [1.29, 1.82) is 0 Å². The van der Waals surface area contributed by atoms with Crippen molar-refractivity contribution in [2.24, 2.45) is 0 Å². The number of aromatic nitrogens is 3. The van der Waals surface area contributed by atoms with Crippen LogP contribution in [-0.4, -0.2) is 34.6 Å². The number of rotatable bonds is 7. The maximum atomic E-state index is 12.4. The van der Waals surface area contributed by atoms with Gasteiger partial charge in [-0.15, -0.1) is 5.10 Å². The lowest BCUT2D eigenvalue weighted by Gasteiger charge is -2.10. The third-order valence-electron chi connectivity index (χ3n) is 4.33. The number of amides is 1. The van der Waals surface area contributed by atoms with Gasteiger partial charge in [0.25, 0.3) is 5.56 Å². The summed E-state index contributed by atoms with van der Waals surface area (Å²) in [6.45, 7) is 2.71.